The number of hydrogen-bond donors (Lipinski definition) is 1. The zero-order valence-corrected chi connectivity index (χ0v) is 16.7. The minimum Gasteiger partial charge on any atom is -0.480 e. The monoisotopic (exact) mass is 394 g/mol. The molecule has 0 unspecified atom stereocenters. The first-order valence-corrected chi connectivity index (χ1v) is 10.3. The predicted molar refractivity (Wildman–Crippen MR) is 108 cm³/mol. The van der Waals surface area contributed by atoms with Gasteiger partial charge < -0.3 is 14.1 Å². The lowest BCUT2D eigenvalue weighted by Gasteiger charge is -2.07. The fourth-order valence-corrected chi connectivity index (χ4v) is 3.44. The number of nitrogens with zero attached hydrogens (tertiary/aromatic N) is 3. The molecule has 3 aromatic rings. The number of H-pyrrole nitrogens is 1. The van der Waals surface area contributed by atoms with Crippen LogP contribution in [-0.4, -0.2) is 32.8 Å². The van der Waals surface area contributed by atoms with E-state index in [0.717, 1.165) is 54.9 Å². The molecular formula is C22H26N4O3. The van der Waals surface area contributed by atoms with Gasteiger partial charge in [0, 0.05) is 30.7 Å². The van der Waals surface area contributed by atoms with Crippen LogP contribution in [0.4, 0.5) is 0 Å². The highest BCUT2D eigenvalue weighted by atomic mass is 16.5. The molecular weight excluding hydrogens is 368 g/mol. The summed E-state index contributed by atoms with van der Waals surface area (Å²) < 4.78 is 10.5. The molecule has 0 spiro atoms. The Morgan fingerprint density at radius 3 is 2.83 bits per heavy atom. The Labute approximate surface area is 169 Å². The van der Waals surface area contributed by atoms with Crippen LogP contribution in [0.1, 0.15) is 73.1 Å². The molecule has 3 heterocycles. The molecule has 7 heteroatoms. The van der Waals surface area contributed by atoms with Crippen LogP contribution < -0.4 is 4.74 Å². The van der Waals surface area contributed by atoms with Crippen molar-refractivity contribution in [1.82, 2.24) is 19.9 Å². The summed E-state index contributed by atoms with van der Waals surface area (Å²) in [5.41, 5.74) is 2.90. The Bertz CT molecular complexity index is 945. The van der Waals surface area contributed by atoms with Crippen molar-refractivity contribution in [2.45, 2.75) is 57.3 Å². The minimum atomic E-state index is -0.0269. The number of pyridine rings is 1. The van der Waals surface area contributed by atoms with Crippen LogP contribution in [0.3, 0.4) is 0 Å². The Hall–Kier alpha value is -2.96. The molecule has 29 heavy (non-hydrogen) atoms. The molecule has 1 aliphatic rings. The first-order valence-electron chi connectivity index (χ1n) is 10.3. The van der Waals surface area contributed by atoms with Crippen LogP contribution in [0.2, 0.25) is 0 Å². The van der Waals surface area contributed by atoms with Crippen LogP contribution >= 0.6 is 0 Å². The highest BCUT2D eigenvalue weighted by Crippen LogP contribution is 2.41. The van der Waals surface area contributed by atoms with Gasteiger partial charge in [-0.05, 0) is 37.8 Å². The Morgan fingerprint density at radius 1 is 1.21 bits per heavy atom. The molecule has 4 rings (SSSR count). The number of nitrogens with one attached hydrogen (secondary N) is 1. The molecule has 0 amide bonds. The lowest BCUT2D eigenvalue weighted by Crippen LogP contribution is -1.99. The van der Waals surface area contributed by atoms with Gasteiger partial charge in [-0.15, -0.1) is 0 Å². The second-order valence-electron chi connectivity index (χ2n) is 7.47. The number of Topliss-reactive ketones (excluding diaryl/α,β-unsaturated/α-hetero) is 1. The first kappa shape index (κ1) is 19.4. The lowest BCUT2D eigenvalue weighted by atomic mass is 10.1. The van der Waals surface area contributed by atoms with Gasteiger partial charge in [-0.2, -0.15) is 0 Å². The van der Waals surface area contributed by atoms with Crippen molar-refractivity contribution in [1.29, 1.82) is 0 Å². The van der Waals surface area contributed by atoms with E-state index in [0.29, 0.717) is 18.2 Å². The zero-order chi connectivity index (χ0) is 20.1. The number of oxazole rings is 1. The summed E-state index contributed by atoms with van der Waals surface area (Å²) in [7, 11) is 1.66. The summed E-state index contributed by atoms with van der Waals surface area (Å²) in [6, 6.07) is 4.15. The SMILES string of the molecule is COc1nc(C2CC2)ccc1-c1c[nH]c(CCCCCCC(=O)c2ncco2)n1. The fraction of sp³-hybridized carbons (Fsp3) is 0.455. The number of unbranched alkanes of at least 4 members (excludes halogenated alkanes) is 3. The standard InChI is InChI=1S/C22H26N4O3/c1-28-21-16(10-11-17(26-21)15-8-9-15)18-14-24-20(25-18)7-5-3-2-4-6-19(27)22-23-12-13-29-22/h10-15H,2-9H2,1H3,(H,24,25). The van der Waals surface area contributed by atoms with Gasteiger partial charge in [-0.25, -0.2) is 15.0 Å². The summed E-state index contributed by atoms with van der Waals surface area (Å²) in [6.07, 6.45) is 12.6. The maximum atomic E-state index is 11.8. The predicted octanol–water partition coefficient (Wildman–Crippen LogP) is 4.72. The summed E-state index contributed by atoms with van der Waals surface area (Å²) in [5, 5.41) is 0. The molecule has 152 valence electrons. The molecule has 1 saturated carbocycles. The van der Waals surface area contributed by atoms with Crippen molar-refractivity contribution in [2.24, 2.45) is 0 Å². The number of aryl methyl sites for hydroxylation is 1. The van der Waals surface area contributed by atoms with Crippen molar-refractivity contribution in [3.63, 3.8) is 0 Å². The third-order valence-electron chi connectivity index (χ3n) is 5.22. The van der Waals surface area contributed by atoms with Crippen molar-refractivity contribution >= 4 is 5.78 Å². The molecule has 0 saturated heterocycles. The third-order valence-corrected chi connectivity index (χ3v) is 5.22. The maximum Gasteiger partial charge on any atom is 0.263 e. The summed E-state index contributed by atoms with van der Waals surface area (Å²) in [4.78, 5) is 28.3. The highest BCUT2D eigenvalue weighted by Gasteiger charge is 2.26. The van der Waals surface area contributed by atoms with E-state index < -0.39 is 0 Å². The van der Waals surface area contributed by atoms with Gasteiger partial charge in [0.05, 0.1) is 24.6 Å². The van der Waals surface area contributed by atoms with E-state index in [2.05, 4.69) is 27.1 Å². The number of rotatable bonds is 11. The van der Waals surface area contributed by atoms with E-state index >= 15 is 0 Å². The van der Waals surface area contributed by atoms with Gasteiger partial charge in [0.15, 0.2) is 0 Å². The number of imidazole rings is 1. The molecule has 3 aromatic heterocycles. The van der Waals surface area contributed by atoms with E-state index in [1.807, 2.05) is 6.20 Å². The average Bonchev–Trinajstić information content (AvgIpc) is 3.25. The number of hydrogen-bond acceptors (Lipinski definition) is 6. The third kappa shape index (κ3) is 4.91. The fourth-order valence-electron chi connectivity index (χ4n) is 3.44. The molecule has 1 N–H and O–H groups in total. The van der Waals surface area contributed by atoms with E-state index in [1.165, 1.54) is 25.3 Å². The number of ether oxygens (including phenoxy) is 1. The maximum absolute atomic E-state index is 11.8. The van der Waals surface area contributed by atoms with Gasteiger partial charge >= 0.3 is 0 Å². The Kier molecular flexibility index (Phi) is 6.03. The van der Waals surface area contributed by atoms with E-state index in [4.69, 9.17) is 14.1 Å². The number of carbonyl (C=O) groups is 1. The second-order valence-corrected chi connectivity index (χ2v) is 7.47. The quantitative estimate of drug-likeness (QED) is 0.373. The van der Waals surface area contributed by atoms with E-state index in [-0.39, 0.29) is 11.7 Å². The summed E-state index contributed by atoms with van der Waals surface area (Å²) in [5.74, 6) is 2.38. The number of ketones is 1. The second kappa shape index (κ2) is 9.03. The zero-order valence-electron chi connectivity index (χ0n) is 16.7. The topological polar surface area (TPSA) is 93.9 Å². The smallest absolute Gasteiger partial charge is 0.263 e. The number of aromatic amines is 1. The van der Waals surface area contributed by atoms with Crippen molar-refractivity contribution in [3.8, 4) is 17.1 Å². The van der Waals surface area contributed by atoms with Gasteiger partial charge in [0.25, 0.3) is 5.89 Å². The first-order chi connectivity index (χ1) is 14.2. The van der Waals surface area contributed by atoms with Crippen molar-refractivity contribution < 1.29 is 13.9 Å². The molecule has 0 aliphatic heterocycles. The lowest BCUT2D eigenvalue weighted by molar-refractivity contribution is 0.0945. The van der Waals surface area contributed by atoms with E-state index in [9.17, 15) is 4.79 Å². The largest absolute Gasteiger partial charge is 0.480 e. The van der Waals surface area contributed by atoms with Crippen LogP contribution in [0.15, 0.2) is 35.2 Å². The van der Waals surface area contributed by atoms with Crippen LogP contribution in [0.25, 0.3) is 11.3 Å². The molecule has 1 fully saturated rings. The van der Waals surface area contributed by atoms with E-state index in [1.54, 1.807) is 7.11 Å². The molecule has 1 aliphatic carbocycles. The van der Waals surface area contributed by atoms with Crippen LogP contribution in [0.5, 0.6) is 5.88 Å². The summed E-state index contributed by atoms with van der Waals surface area (Å²) in [6.45, 7) is 0. The van der Waals surface area contributed by atoms with Gasteiger partial charge in [-0.1, -0.05) is 12.8 Å². The molecule has 0 aromatic carbocycles. The van der Waals surface area contributed by atoms with Gasteiger partial charge in [-0.3, -0.25) is 4.79 Å². The number of carbonyl (C=O) groups excluding carboxylic acids is 1. The minimum absolute atomic E-state index is 0.0269. The highest BCUT2D eigenvalue weighted by molar-refractivity contribution is 5.91. The van der Waals surface area contributed by atoms with Crippen molar-refractivity contribution in [3.05, 3.63) is 48.2 Å². The number of methoxy groups -OCH3 is 1. The van der Waals surface area contributed by atoms with Crippen LogP contribution in [0, 0.1) is 0 Å². The molecule has 0 bridgehead atoms. The number of aromatic nitrogens is 4. The molecule has 0 radical (unpaired) electrons. The average molecular weight is 394 g/mol. The Balaban J connectivity index is 1.23. The van der Waals surface area contributed by atoms with Crippen molar-refractivity contribution in [2.75, 3.05) is 7.11 Å². The molecule has 0 atom stereocenters. The summed E-state index contributed by atoms with van der Waals surface area (Å²) >= 11 is 0. The normalized spacial score (nSPS) is 13.6. The van der Waals surface area contributed by atoms with Gasteiger partial charge in [0.1, 0.15) is 12.1 Å². The van der Waals surface area contributed by atoms with Gasteiger partial charge in [0.2, 0.25) is 11.7 Å². The Morgan fingerprint density at radius 2 is 2.07 bits per heavy atom. The molecule has 7 nitrogen and oxygen atoms in total. The van der Waals surface area contributed by atoms with Crippen LogP contribution in [-0.2, 0) is 6.42 Å².